The number of nitrogens with zero attached hydrogens (tertiary/aromatic N) is 1. The molecule has 0 amide bonds. The number of allylic oxidation sites excluding steroid dienone is 4. The predicted octanol–water partition coefficient (Wildman–Crippen LogP) is 9.45. The minimum absolute atomic E-state index is 0.401. The Balaban J connectivity index is 1.38. The summed E-state index contributed by atoms with van der Waals surface area (Å²) in [4.78, 5) is 0. The van der Waals surface area contributed by atoms with Gasteiger partial charge < -0.3 is 4.74 Å². The molecule has 188 valence electrons. The third-order valence-corrected chi connectivity index (χ3v) is 8.69. The van der Waals surface area contributed by atoms with Gasteiger partial charge in [0.1, 0.15) is 11.5 Å². The Kier molecular flexibility index (Phi) is 4.96. The van der Waals surface area contributed by atoms with E-state index in [-0.39, 0.29) is 0 Å². The molecule has 2 aliphatic carbocycles. The maximum Gasteiger partial charge on any atom is 0.132 e. The molecule has 8 rings (SSSR count). The molecule has 1 heterocycles. The van der Waals surface area contributed by atoms with Crippen molar-refractivity contribution in [3.8, 4) is 39.8 Å². The van der Waals surface area contributed by atoms with Gasteiger partial charge in [-0.2, -0.15) is 5.26 Å². The smallest absolute Gasteiger partial charge is 0.132 e. The molecule has 2 nitrogen and oxygen atoms in total. The molecule has 0 saturated heterocycles. The van der Waals surface area contributed by atoms with Crippen LogP contribution in [0.2, 0.25) is 0 Å². The van der Waals surface area contributed by atoms with Gasteiger partial charge in [0, 0.05) is 11.1 Å². The van der Waals surface area contributed by atoms with Crippen molar-refractivity contribution in [3.63, 3.8) is 0 Å². The molecule has 1 unspecified atom stereocenters. The van der Waals surface area contributed by atoms with E-state index in [1.165, 1.54) is 33.4 Å². The number of hydrogen-bond donors (Lipinski definition) is 0. The molecule has 1 atom stereocenters. The summed E-state index contributed by atoms with van der Waals surface area (Å²) in [5, 5.41) is 9.70. The second kappa shape index (κ2) is 8.70. The highest BCUT2D eigenvalue weighted by Gasteiger charge is 2.52. The highest BCUT2D eigenvalue weighted by Crippen LogP contribution is 2.63. The molecule has 0 bridgehead atoms. The zero-order chi connectivity index (χ0) is 26.7. The molecule has 0 radical (unpaired) electrons. The maximum atomic E-state index is 9.70. The molecule has 0 aromatic heterocycles. The Morgan fingerprint density at radius 3 is 2.25 bits per heavy atom. The van der Waals surface area contributed by atoms with Crippen molar-refractivity contribution in [2.75, 3.05) is 0 Å². The van der Waals surface area contributed by atoms with E-state index >= 15 is 0 Å². The summed E-state index contributed by atoms with van der Waals surface area (Å²) in [5.41, 5.74) is 12.4. The topological polar surface area (TPSA) is 33.0 Å². The second-order valence-corrected chi connectivity index (χ2v) is 10.7. The summed E-state index contributed by atoms with van der Waals surface area (Å²) in [6.45, 7) is 0. The van der Waals surface area contributed by atoms with E-state index in [1.54, 1.807) is 0 Å². The fourth-order valence-corrected chi connectivity index (χ4v) is 7.05. The minimum atomic E-state index is -0.401. The highest BCUT2D eigenvalue weighted by atomic mass is 16.5. The van der Waals surface area contributed by atoms with E-state index in [0.29, 0.717) is 5.56 Å². The van der Waals surface area contributed by atoms with E-state index in [0.717, 1.165) is 46.6 Å². The van der Waals surface area contributed by atoms with Crippen molar-refractivity contribution < 1.29 is 4.74 Å². The number of rotatable bonds is 2. The largest absolute Gasteiger partial charge is 0.457 e. The standard InChI is InChI=1S/C38H25NO/c39-24-28-10-1-2-13-29(28)27-12-9-11-25(22-27)26-20-21-37-35(23-26)38(34-18-7-8-19-36(34)40-37)32-16-5-3-14-30(32)31-15-4-6-17-33(31)38/h1-5,7-16,18-23H,6,17H2. The van der Waals surface area contributed by atoms with Crippen LogP contribution >= 0.6 is 0 Å². The first-order valence-electron chi connectivity index (χ1n) is 13.8. The van der Waals surface area contributed by atoms with E-state index in [1.807, 2.05) is 24.3 Å². The fraction of sp³-hybridized carbons (Fsp3) is 0.0789. The number of hydrogen-bond acceptors (Lipinski definition) is 2. The van der Waals surface area contributed by atoms with Crippen LogP contribution in [0.15, 0.2) is 133 Å². The normalized spacial score (nSPS) is 17.9. The Morgan fingerprint density at radius 2 is 1.35 bits per heavy atom. The van der Waals surface area contributed by atoms with Crippen LogP contribution < -0.4 is 4.74 Å². The third-order valence-electron chi connectivity index (χ3n) is 8.69. The molecule has 1 spiro atoms. The lowest BCUT2D eigenvalue weighted by Gasteiger charge is -2.41. The molecule has 2 heteroatoms. The van der Waals surface area contributed by atoms with Crippen LogP contribution in [0.25, 0.3) is 27.8 Å². The quantitative estimate of drug-likeness (QED) is 0.236. The summed E-state index contributed by atoms with van der Waals surface area (Å²) in [6, 6.07) is 42.7. The number of benzene rings is 5. The van der Waals surface area contributed by atoms with Crippen molar-refractivity contribution in [2.45, 2.75) is 18.3 Å². The zero-order valence-corrected chi connectivity index (χ0v) is 21.9. The van der Waals surface area contributed by atoms with Gasteiger partial charge in [-0.05, 0) is 87.7 Å². The molecular formula is C38H25NO. The fourth-order valence-electron chi connectivity index (χ4n) is 7.05. The number of ether oxygens (including phenoxy) is 1. The van der Waals surface area contributed by atoms with E-state index in [9.17, 15) is 5.26 Å². The molecule has 0 N–H and O–H groups in total. The Labute approximate surface area is 234 Å². The van der Waals surface area contributed by atoms with Gasteiger partial charge in [0.05, 0.1) is 17.0 Å². The first-order chi connectivity index (χ1) is 19.8. The first kappa shape index (κ1) is 22.8. The number of nitriles is 1. The molecule has 1 aliphatic heterocycles. The van der Waals surface area contributed by atoms with Crippen molar-refractivity contribution in [3.05, 3.63) is 161 Å². The van der Waals surface area contributed by atoms with Crippen molar-refractivity contribution in [1.82, 2.24) is 0 Å². The lowest BCUT2D eigenvalue weighted by Crippen LogP contribution is -2.33. The van der Waals surface area contributed by atoms with Crippen molar-refractivity contribution in [1.29, 1.82) is 5.26 Å². The lowest BCUT2D eigenvalue weighted by molar-refractivity contribution is 0.432. The van der Waals surface area contributed by atoms with Crippen LogP contribution in [0.1, 0.15) is 40.7 Å². The van der Waals surface area contributed by atoms with Crippen molar-refractivity contribution in [2.24, 2.45) is 0 Å². The van der Waals surface area contributed by atoms with E-state index in [4.69, 9.17) is 4.74 Å². The minimum Gasteiger partial charge on any atom is -0.457 e. The number of fused-ring (bicyclic) bond motifs is 8. The molecule has 0 fully saturated rings. The van der Waals surface area contributed by atoms with Crippen LogP contribution in [0.4, 0.5) is 0 Å². The Hall–Kier alpha value is -5.13. The molecule has 3 aliphatic rings. The van der Waals surface area contributed by atoms with Gasteiger partial charge in [-0.3, -0.25) is 0 Å². The molecule has 5 aromatic rings. The summed E-state index contributed by atoms with van der Waals surface area (Å²) in [6.07, 6.45) is 6.68. The molecule has 40 heavy (non-hydrogen) atoms. The van der Waals surface area contributed by atoms with E-state index < -0.39 is 5.41 Å². The Bertz CT molecular complexity index is 1950. The Morgan fingerprint density at radius 1 is 0.625 bits per heavy atom. The first-order valence-corrected chi connectivity index (χ1v) is 13.8. The monoisotopic (exact) mass is 511 g/mol. The summed E-state index contributed by atoms with van der Waals surface area (Å²) < 4.78 is 6.60. The SMILES string of the molecule is N#Cc1ccccc1-c1cccc(-c2ccc3c(c2)C2(C4=C(C=CCC4)c4ccccc42)c2ccccc2O3)c1. The van der Waals surface area contributed by atoms with Gasteiger partial charge in [0.25, 0.3) is 0 Å². The molecular weight excluding hydrogens is 486 g/mol. The van der Waals surface area contributed by atoms with Crippen LogP contribution in [0, 0.1) is 11.3 Å². The van der Waals surface area contributed by atoms with Crippen LogP contribution in [0.5, 0.6) is 11.5 Å². The summed E-state index contributed by atoms with van der Waals surface area (Å²) in [7, 11) is 0. The van der Waals surface area contributed by atoms with Crippen LogP contribution in [-0.2, 0) is 5.41 Å². The van der Waals surface area contributed by atoms with Crippen LogP contribution in [0.3, 0.4) is 0 Å². The molecule has 0 saturated carbocycles. The number of para-hydroxylation sites is 1. The second-order valence-electron chi connectivity index (χ2n) is 10.7. The average Bonchev–Trinajstić information content (AvgIpc) is 3.32. The predicted molar refractivity (Wildman–Crippen MR) is 160 cm³/mol. The van der Waals surface area contributed by atoms with Crippen molar-refractivity contribution >= 4 is 5.57 Å². The summed E-state index contributed by atoms with van der Waals surface area (Å²) in [5.74, 6) is 1.84. The average molecular weight is 512 g/mol. The lowest BCUT2D eigenvalue weighted by atomic mass is 9.64. The van der Waals surface area contributed by atoms with E-state index in [2.05, 4.69) is 109 Å². The third kappa shape index (κ3) is 3.09. The summed E-state index contributed by atoms with van der Waals surface area (Å²) >= 11 is 0. The van der Waals surface area contributed by atoms with Gasteiger partial charge in [-0.1, -0.05) is 97.1 Å². The van der Waals surface area contributed by atoms with Gasteiger partial charge in [-0.15, -0.1) is 0 Å². The van der Waals surface area contributed by atoms with Gasteiger partial charge in [0.2, 0.25) is 0 Å². The highest BCUT2D eigenvalue weighted by molar-refractivity contribution is 5.92. The van der Waals surface area contributed by atoms with Gasteiger partial charge in [-0.25, -0.2) is 0 Å². The maximum absolute atomic E-state index is 9.70. The van der Waals surface area contributed by atoms with Gasteiger partial charge >= 0.3 is 0 Å². The zero-order valence-electron chi connectivity index (χ0n) is 21.9. The van der Waals surface area contributed by atoms with Crippen LogP contribution in [-0.4, -0.2) is 0 Å². The molecule has 5 aromatic carbocycles. The van der Waals surface area contributed by atoms with Gasteiger partial charge in [0.15, 0.2) is 0 Å².